The van der Waals surface area contributed by atoms with Crippen LogP contribution in [-0.2, 0) is 0 Å². The fourth-order valence-electron chi connectivity index (χ4n) is 2.14. The third-order valence-electron chi connectivity index (χ3n) is 3.16. The molecule has 3 heteroatoms. The van der Waals surface area contributed by atoms with Crippen LogP contribution in [0.25, 0.3) is 11.0 Å². The van der Waals surface area contributed by atoms with E-state index in [9.17, 15) is 4.79 Å². The third kappa shape index (κ3) is 2.03. The van der Waals surface area contributed by atoms with Crippen molar-refractivity contribution in [3.05, 3.63) is 65.2 Å². The minimum Gasteiger partial charge on any atom is -0.453 e. The van der Waals surface area contributed by atoms with Gasteiger partial charge in [0.1, 0.15) is 5.58 Å². The lowest BCUT2D eigenvalue weighted by molar-refractivity contribution is 0.101. The number of hydrogen-bond donors (Lipinski definition) is 0. The Morgan fingerprint density at radius 1 is 1.16 bits per heavy atom. The fraction of sp³-hybridized carbons (Fsp3) is 0.125. The van der Waals surface area contributed by atoms with Crippen molar-refractivity contribution in [3.63, 3.8) is 0 Å². The van der Waals surface area contributed by atoms with Crippen molar-refractivity contribution in [3.8, 4) is 0 Å². The number of rotatable bonds is 2. The predicted octanol–water partition coefficient (Wildman–Crippen LogP) is 3.68. The molecule has 0 unspecified atom stereocenters. The maximum absolute atomic E-state index is 12.4. The zero-order valence-corrected chi connectivity index (χ0v) is 10.8. The molecule has 0 bridgehead atoms. The Hall–Kier alpha value is -2.42. The monoisotopic (exact) mass is 251 g/mol. The molecule has 0 aliphatic rings. The summed E-state index contributed by atoms with van der Waals surface area (Å²) in [6.45, 7) is 3.88. The van der Waals surface area contributed by atoms with Crippen molar-refractivity contribution in [2.45, 2.75) is 13.8 Å². The zero-order valence-electron chi connectivity index (χ0n) is 10.8. The van der Waals surface area contributed by atoms with Gasteiger partial charge in [0.2, 0.25) is 5.78 Å². The summed E-state index contributed by atoms with van der Waals surface area (Å²) in [5, 5.41) is 0.954. The molecule has 0 aliphatic heterocycles. The van der Waals surface area contributed by atoms with Crippen LogP contribution < -0.4 is 0 Å². The molecule has 0 radical (unpaired) electrons. The number of fused-ring (bicyclic) bond motifs is 1. The standard InChI is InChI=1S/C16H13NO2/c1-10-3-4-14-12(7-10)8-15(19-14)16(18)13-5-6-17-9-11(13)2/h3-9H,1-2H3. The number of ketones is 1. The summed E-state index contributed by atoms with van der Waals surface area (Å²) in [6.07, 6.45) is 3.30. The van der Waals surface area contributed by atoms with Gasteiger partial charge in [0, 0.05) is 23.3 Å². The molecule has 0 amide bonds. The van der Waals surface area contributed by atoms with Crippen LogP contribution >= 0.6 is 0 Å². The van der Waals surface area contributed by atoms with E-state index in [-0.39, 0.29) is 5.78 Å². The van der Waals surface area contributed by atoms with E-state index >= 15 is 0 Å². The minimum atomic E-state index is -0.103. The largest absolute Gasteiger partial charge is 0.453 e. The first-order chi connectivity index (χ1) is 9.15. The summed E-state index contributed by atoms with van der Waals surface area (Å²) in [7, 11) is 0. The molecule has 2 heterocycles. The highest BCUT2D eigenvalue weighted by Gasteiger charge is 2.16. The summed E-state index contributed by atoms with van der Waals surface area (Å²) in [4.78, 5) is 16.4. The van der Waals surface area contributed by atoms with Crippen LogP contribution in [0.4, 0.5) is 0 Å². The van der Waals surface area contributed by atoms with Gasteiger partial charge in [0.05, 0.1) is 0 Å². The lowest BCUT2D eigenvalue weighted by Gasteiger charge is -2.00. The molecule has 0 fully saturated rings. The first-order valence-electron chi connectivity index (χ1n) is 6.10. The Morgan fingerprint density at radius 2 is 2.00 bits per heavy atom. The van der Waals surface area contributed by atoms with Gasteiger partial charge in [-0.2, -0.15) is 0 Å². The van der Waals surface area contributed by atoms with Crippen molar-refractivity contribution >= 4 is 16.8 Å². The van der Waals surface area contributed by atoms with E-state index < -0.39 is 0 Å². The Balaban J connectivity index is 2.09. The minimum absolute atomic E-state index is 0.103. The number of nitrogens with zero attached hydrogens (tertiary/aromatic N) is 1. The molecule has 0 atom stereocenters. The molecule has 3 aromatic rings. The van der Waals surface area contributed by atoms with Crippen molar-refractivity contribution in [1.82, 2.24) is 4.98 Å². The number of furan rings is 1. The van der Waals surface area contributed by atoms with Crippen molar-refractivity contribution in [1.29, 1.82) is 0 Å². The highest BCUT2D eigenvalue weighted by Crippen LogP contribution is 2.23. The molecule has 3 rings (SSSR count). The van der Waals surface area contributed by atoms with Crippen molar-refractivity contribution in [2.24, 2.45) is 0 Å². The molecule has 0 aliphatic carbocycles. The number of aryl methyl sites for hydroxylation is 2. The topological polar surface area (TPSA) is 43.1 Å². The van der Waals surface area contributed by atoms with Gasteiger partial charge in [-0.1, -0.05) is 11.6 Å². The normalized spacial score (nSPS) is 10.8. The first kappa shape index (κ1) is 11.7. The second-order valence-electron chi connectivity index (χ2n) is 4.67. The van der Waals surface area contributed by atoms with Gasteiger partial charge < -0.3 is 4.42 Å². The Bertz CT molecular complexity index is 771. The van der Waals surface area contributed by atoms with Crippen LogP contribution in [0, 0.1) is 13.8 Å². The van der Waals surface area contributed by atoms with Gasteiger partial charge in [-0.15, -0.1) is 0 Å². The second-order valence-corrected chi connectivity index (χ2v) is 4.67. The molecular weight excluding hydrogens is 238 g/mol. The summed E-state index contributed by atoms with van der Waals surface area (Å²) >= 11 is 0. The summed E-state index contributed by atoms with van der Waals surface area (Å²) in [6, 6.07) is 9.38. The van der Waals surface area contributed by atoms with E-state index in [0.717, 1.165) is 22.1 Å². The van der Waals surface area contributed by atoms with Gasteiger partial charge in [-0.3, -0.25) is 9.78 Å². The van der Waals surface area contributed by atoms with Gasteiger partial charge in [-0.05, 0) is 43.7 Å². The van der Waals surface area contributed by atoms with Crippen molar-refractivity contribution in [2.75, 3.05) is 0 Å². The molecule has 94 valence electrons. The van der Waals surface area contributed by atoms with Crippen molar-refractivity contribution < 1.29 is 9.21 Å². The van der Waals surface area contributed by atoms with Crippen LogP contribution in [0.2, 0.25) is 0 Å². The molecule has 0 spiro atoms. The van der Waals surface area contributed by atoms with E-state index in [2.05, 4.69) is 4.98 Å². The Kier molecular flexibility index (Phi) is 2.67. The fourth-order valence-corrected chi connectivity index (χ4v) is 2.14. The maximum atomic E-state index is 12.4. The van der Waals surface area contributed by atoms with Gasteiger partial charge in [0.25, 0.3) is 0 Å². The quantitative estimate of drug-likeness (QED) is 0.652. The van der Waals surface area contributed by atoms with E-state index in [1.165, 1.54) is 0 Å². The summed E-state index contributed by atoms with van der Waals surface area (Å²) < 4.78 is 5.62. The average molecular weight is 251 g/mol. The maximum Gasteiger partial charge on any atom is 0.228 e. The number of pyridine rings is 1. The number of benzene rings is 1. The molecule has 2 aromatic heterocycles. The van der Waals surface area contributed by atoms with Crippen LogP contribution in [0.5, 0.6) is 0 Å². The lowest BCUT2D eigenvalue weighted by atomic mass is 10.1. The SMILES string of the molecule is Cc1ccc2oc(C(=O)c3ccncc3C)cc2c1. The van der Waals surface area contributed by atoms with E-state index in [1.807, 2.05) is 32.0 Å². The molecule has 0 N–H and O–H groups in total. The number of carbonyl (C=O) groups excluding carboxylic acids is 1. The molecule has 1 aromatic carbocycles. The van der Waals surface area contributed by atoms with Crippen LogP contribution in [-0.4, -0.2) is 10.8 Å². The lowest BCUT2D eigenvalue weighted by Crippen LogP contribution is -2.02. The number of aromatic nitrogens is 1. The summed E-state index contributed by atoms with van der Waals surface area (Å²) in [5.74, 6) is 0.267. The molecular formula is C16H13NO2. The molecule has 0 saturated carbocycles. The van der Waals surface area contributed by atoms with Gasteiger partial charge >= 0.3 is 0 Å². The van der Waals surface area contributed by atoms with Crippen LogP contribution in [0.15, 0.2) is 47.1 Å². The summed E-state index contributed by atoms with van der Waals surface area (Å²) in [5.41, 5.74) is 3.36. The number of carbonyl (C=O) groups is 1. The van der Waals surface area contributed by atoms with E-state index in [1.54, 1.807) is 24.5 Å². The zero-order chi connectivity index (χ0) is 13.4. The van der Waals surface area contributed by atoms with Crippen LogP contribution in [0.1, 0.15) is 27.2 Å². The Labute approximate surface area is 110 Å². The first-order valence-corrected chi connectivity index (χ1v) is 6.10. The average Bonchev–Trinajstić information content (AvgIpc) is 2.81. The highest BCUT2D eigenvalue weighted by atomic mass is 16.3. The molecule has 0 saturated heterocycles. The second kappa shape index (κ2) is 4.35. The van der Waals surface area contributed by atoms with Gasteiger partial charge in [0.15, 0.2) is 5.76 Å². The van der Waals surface area contributed by atoms with E-state index in [4.69, 9.17) is 4.42 Å². The van der Waals surface area contributed by atoms with E-state index in [0.29, 0.717) is 11.3 Å². The van der Waals surface area contributed by atoms with Gasteiger partial charge in [-0.25, -0.2) is 0 Å². The Morgan fingerprint density at radius 3 is 2.79 bits per heavy atom. The molecule has 19 heavy (non-hydrogen) atoms. The smallest absolute Gasteiger partial charge is 0.228 e. The van der Waals surface area contributed by atoms with Crippen LogP contribution in [0.3, 0.4) is 0 Å². The number of hydrogen-bond acceptors (Lipinski definition) is 3. The highest BCUT2D eigenvalue weighted by molar-refractivity contribution is 6.09. The molecule has 3 nitrogen and oxygen atoms in total. The third-order valence-corrected chi connectivity index (χ3v) is 3.16. The predicted molar refractivity (Wildman–Crippen MR) is 73.4 cm³/mol.